The molecule has 0 atom stereocenters. The van der Waals surface area contributed by atoms with Gasteiger partial charge < -0.3 is 14.8 Å². The van der Waals surface area contributed by atoms with Crippen molar-refractivity contribution in [2.45, 2.75) is 26.5 Å². The van der Waals surface area contributed by atoms with Gasteiger partial charge in [-0.15, -0.1) is 0 Å². The molecule has 1 aromatic heterocycles. The summed E-state index contributed by atoms with van der Waals surface area (Å²) in [6.45, 7) is 7.47. The third kappa shape index (κ3) is 3.52. The lowest BCUT2D eigenvalue weighted by Crippen LogP contribution is -2.38. The van der Waals surface area contributed by atoms with E-state index in [4.69, 9.17) is 9.47 Å². The van der Waals surface area contributed by atoms with E-state index in [9.17, 15) is 0 Å². The van der Waals surface area contributed by atoms with Gasteiger partial charge in [0.05, 0.1) is 18.9 Å². The second-order valence-electron chi connectivity index (χ2n) is 5.94. The molecule has 3 rings (SSSR count). The number of hydrogen-bond donors (Lipinski definition) is 1. The molecule has 0 spiro atoms. The van der Waals surface area contributed by atoms with E-state index in [1.165, 1.54) is 5.39 Å². The molecule has 1 aromatic carbocycles. The van der Waals surface area contributed by atoms with Gasteiger partial charge in [-0.3, -0.25) is 0 Å². The minimum absolute atomic E-state index is 0.139. The van der Waals surface area contributed by atoms with Crippen molar-refractivity contribution >= 4 is 10.8 Å². The van der Waals surface area contributed by atoms with Gasteiger partial charge in [-0.2, -0.15) is 0 Å². The van der Waals surface area contributed by atoms with E-state index < -0.39 is 0 Å². The van der Waals surface area contributed by atoms with Crippen LogP contribution in [0, 0.1) is 5.92 Å². The first-order chi connectivity index (χ1) is 10.2. The van der Waals surface area contributed by atoms with Crippen molar-refractivity contribution < 1.29 is 9.47 Å². The molecule has 21 heavy (non-hydrogen) atoms. The zero-order valence-corrected chi connectivity index (χ0v) is 12.6. The quantitative estimate of drug-likeness (QED) is 0.887. The Kier molecular flexibility index (Phi) is 4.36. The molecule has 0 radical (unpaired) electrons. The Labute approximate surface area is 125 Å². The van der Waals surface area contributed by atoms with Crippen LogP contribution in [0.25, 0.3) is 10.8 Å². The fourth-order valence-corrected chi connectivity index (χ4v) is 2.33. The normalized spacial score (nSPS) is 15.4. The van der Waals surface area contributed by atoms with E-state index in [1.807, 2.05) is 12.1 Å². The topological polar surface area (TPSA) is 43.4 Å². The SMILES string of the molecule is CC(C)CNCc1cc2ccccc2c(OC2COC2)n1. The number of nitrogens with zero attached hydrogens (tertiary/aromatic N) is 1. The fourth-order valence-electron chi connectivity index (χ4n) is 2.33. The predicted octanol–water partition coefficient (Wildman–Crippen LogP) is 2.76. The molecule has 0 amide bonds. The van der Waals surface area contributed by atoms with E-state index in [1.54, 1.807) is 0 Å². The highest BCUT2D eigenvalue weighted by Crippen LogP contribution is 2.26. The third-order valence-corrected chi connectivity index (χ3v) is 3.50. The molecule has 0 bridgehead atoms. The Bertz CT molecular complexity index is 609. The van der Waals surface area contributed by atoms with Crippen LogP contribution in [-0.4, -0.2) is 30.8 Å². The first-order valence-corrected chi connectivity index (χ1v) is 7.56. The molecule has 4 heteroatoms. The monoisotopic (exact) mass is 286 g/mol. The summed E-state index contributed by atoms with van der Waals surface area (Å²) >= 11 is 0. The third-order valence-electron chi connectivity index (χ3n) is 3.50. The molecule has 1 aliphatic heterocycles. The van der Waals surface area contributed by atoms with Crippen LogP contribution in [0.2, 0.25) is 0 Å². The molecule has 0 unspecified atom stereocenters. The molecule has 1 fully saturated rings. The highest BCUT2D eigenvalue weighted by Gasteiger charge is 2.22. The number of aromatic nitrogens is 1. The Morgan fingerprint density at radius 1 is 1.33 bits per heavy atom. The van der Waals surface area contributed by atoms with Gasteiger partial charge in [-0.05, 0) is 30.0 Å². The summed E-state index contributed by atoms with van der Waals surface area (Å²) in [5.41, 5.74) is 1.02. The van der Waals surface area contributed by atoms with Crippen LogP contribution < -0.4 is 10.1 Å². The summed E-state index contributed by atoms with van der Waals surface area (Å²) in [4.78, 5) is 4.68. The van der Waals surface area contributed by atoms with Crippen molar-refractivity contribution in [2.24, 2.45) is 5.92 Å². The van der Waals surface area contributed by atoms with E-state index in [2.05, 4.69) is 42.3 Å². The van der Waals surface area contributed by atoms with Gasteiger partial charge in [-0.25, -0.2) is 4.98 Å². The number of hydrogen-bond acceptors (Lipinski definition) is 4. The molecule has 2 heterocycles. The van der Waals surface area contributed by atoms with Gasteiger partial charge in [0.15, 0.2) is 0 Å². The highest BCUT2D eigenvalue weighted by molar-refractivity contribution is 5.87. The summed E-state index contributed by atoms with van der Waals surface area (Å²) in [5.74, 6) is 1.36. The Hall–Kier alpha value is -1.65. The molecule has 0 aliphatic carbocycles. The number of pyridine rings is 1. The van der Waals surface area contributed by atoms with Crippen LogP contribution in [-0.2, 0) is 11.3 Å². The Morgan fingerprint density at radius 3 is 2.86 bits per heavy atom. The van der Waals surface area contributed by atoms with E-state index in [0.29, 0.717) is 19.1 Å². The van der Waals surface area contributed by atoms with Crippen LogP contribution in [0.5, 0.6) is 5.88 Å². The average molecular weight is 286 g/mol. The van der Waals surface area contributed by atoms with Gasteiger partial charge >= 0.3 is 0 Å². The lowest BCUT2D eigenvalue weighted by Gasteiger charge is -2.26. The van der Waals surface area contributed by atoms with Gasteiger partial charge in [0.1, 0.15) is 6.10 Å². The van der Waals surface area contributed by atoms with Crippen molar-refractivity contribution in [1.29, 1.82) is 0 Å². The molecule has 2 aromatic rings. The maximum atomic E-state index is 5.97. The Morgan fingerprint density at radius 2 is 2.14 bits per heavy atom. The van der Waals surface area contributed by atoms with Crippen molar-refractivity contribution in [2.75, 3.05) is 19.8 Å². The molecule has 1 N–H and O–H groups in total. The molecule has 112 valence electrons. The summed E-state index contributed by atoms with van der Waals surface area (Å²) in [5, 5.41) is 5.67. The smallest absolute Gasteiger partial charge is 0.222 e. The predicted molar refractivity (Wildman–Crippen MR) is 83.5 cm³/mol. The number of rotatable bonds is 6. The minimum Gasteiger partial charge on any atom is -0.469 e. The van der Waals surface area contributed by atoms with Crippen molar-refractivity contribution in [3.63, 3.8) is 0 Å². The van der Waals surface area contributed by atoms with Crippen molar-refractivity contribution in [1.82, 2.24) is 10.3 Å². The first kappa shape index (κ1) is 14.3. The van der Waals surface area contributed by atoms with Crippen LogP contribution >= 0.6 is 0 Å². The van der Waals surface area contributed by atoms with Gasteiger partial charge in [0.2, 0.25) is 5.88 Å². The van der Waals surface area contributed by atoms with Crippen LogP contribution in [0.3, 0.4) is 0 Å². The molecular weight excluding hydrogens is 264 g/mol. The van der Waals surface area contributed by atoms with Crippen molar-refractivity contribution in [3.05, 3.63) is 36.0 Å². The average Bonchev–Trinajstić information content (AvgIpc) is 2.42. The van der Waals surface area contributed by atoms with E-state index in [-0.39, 0.29) is 6.10 Å². The zero-order valence-electron chi connectivity index (χ0n) is 12.6. The minimum atomic E-state index is 0.139. The Balaban J connectivity index is 1.83. The number of nitrogens with one attached hydrogen (secondary N) is 1. The van der Waals surface area contributed by atoms with Gasteiger partial charge in [-0.1, -0.05) is 32.0 Å². The van der Waals surface area contributed by atoms with Gasteiger partial charge in [0.25, 0.3) is 0 Å². The van der Waals surface area contributed by atoms with Crippen LogP contribution in [0.1, 0.15) is 19.5 Å². The fraction of sp³-hybridized carbons (Fsp3) is 0.471. The van der Waals surface area contributed by atoms with Crippen LogP contribution in [0.4, 0.5) is 0 Å². The number of benzene rings is 1. The first-order valence-electron chi connectivity index (χ1n) is 7.56. The lowest BCUT2D eigenvalue weighted by molar-refractivity contribution is -0.0807. The summed E-state index contributed by atoms with van der Waals surface area (Å²) < 4.78 is 11.1. The lowest BCUT2D eigenvalue weighted by atomic mass is 10.1. The second-order valence-corrected chi connectivity index (χ2v) is 5.94. The van der Waals surface area contributed by atoms with E-state index in [0.717, 1.165) is 30.0 Å². The standard InChI is InChI=1S/C17H22N2O2/c1-12(2)8-18-9-14-7-13-5-3-4-6-16(13)17(19-14)21-15-10-20-11-15/h3-7,12,15,18H,8-11H2,1-2H3. The van der Waals surface area contributed by atoms with Crippen LogP contribution in [0.15, 0.2) is 30.3 Å². The molecule has 4 nitrogen and oxygen atoms in total. The molecular formula is C17H22N2O2. The maximum Gasteiger partial charge on any atom is 0.222 e. The summed E-state index contributed by atoms with van der Waals surface area (Å²) in [6.07, 6.45) is 0.139. The molecule has 1 saturated heterocycles. The summed E-state index contributed by atoms with van der Waals surface area (Å²) in [7, 11) is 0. The number of fused-ring (bicyclic) bond motifs is 1. The number of ether oxygens (including phenoxy) is 2. The van der Waals surface area contributed by atoms with Crippen molar-refractivity contribution in [3.8, 4) is 5.88 Å². The molecule has 1 aliphatic rings. The second kappa shape index (κ2) is 6.41. The van der Waals surface area contributed by atoms with Gasteiger partial charge in [0, 0.05) is 11.9 Å². The largest absolute Gasteiger partial charge is 0.469 e. The summed E-state index contributed by atoms with van der Waals surface area (Å²) in [6, 6.07) is 10.4. The highest BCUT2D eigenvalue weighted by atomic mass is 16.6. The zero-order chi connectivity index (χ0) is 14.7. The molecule has 0 saturated carbocycles. The maximum absolute atomic E-state index is 5.97. The van der Waals surface area contributed by atoms with E-state index >= 15 is 0 Å².